The first kappa shape index (κ1) is 19.6. The number of allylic oxidation sites excluding steroid dienone is 1. The van der Waals surface area contributed by atoms with Gasteiger partial charge < -0.3 is 9.79 Å². The highest BCUT2D eigenvalue weighted by Gasteiger charge is 2.36. The van der Waals surface area contributed by atoms with Crippen molar-refractivity contribution < 1.29 is 14.4 Å². The van der Waals surface area contributed by atoms with E-state index in [0.29, 0.717) is 0 Å². The molecule has 26 heavy (non-hydrogen) atoms. The van der Waals surface area contributed by atoms with Crippen LogP contribution in [0.1, 0.15) is 69.0 Å². The van der Waals surface area contributed by atoms with E-state index in [9.17, 15) is 14.4 Å². The van der Waals surface area contributed by atoms with E-state index >= 15 is 0 Å². The number of fused-ring (bicyclic) bond motifs is 1. The van der Waals surface area contributed by atoms with Gasteiger partial charge >= 0.3 is 7.60 Å². The van der Waals surface area contributed by atoms with Crippen molar-refractivity contribution in [3.05, 3.63) is 51.9 Å². The Morgan fingerprint density at radius 3 is 2.23 bits per heavy atom. The van der Waals surface area contributed by atoms with E-state index < -0.39 is 7.60 Å². The van der Waals surface area contributed by atoms with Gasteiger partial charge in [-0.3, -0.25) is 4.57 Å². The molecule has 0 bridgehead atoms. The van der Waals surface area contributed by atoms with Gasteiger partial charge in [-0.15, -0.1) is 11.3 Å². The van der Waals surface area contributed by atoms with Crippen molar-refractivity contribution in [3.8, 4) is 0 Å². The van der Waals surface area contributed by atoms with E-state index in [4.69, 9.17) is 0 Å². The number of thiophene rings is 1. The van der Waals surface area contributed by atoms with Gasteiger partial charge in [-0.1, -0.05) is 52.0 Å². The summed E-state index contributed by atoms with van der Waals surface area (Å²) in [6, 6.07) is 10.0. The van der Waals surface area contributed by atoms with Crippen LogP contribution in [0.4, 0.5) is 0 Å². The Morgan fingerprint density at radius 1 is 1.04 bits per heavy atom. The predicted octanol–water partition coefficient (Wildman–Crippen LogP) is 5.46. The second-order valence-electron chi connectivity index (χ2n) is 8.58. The zero-order valence-electron chi connectivity index (χ0n) is 16.0. The molecule has 0 spiro atoms. The Morgan fingerprint density at radius 2 is 1.65 bits per heavy atom. The summed E-state index contributed by atoms with van der Waals surface area (Å²) < 4.78 is 11.5. The van der Waals surface area contributed by atoms with Crippen molar-refractivity contribution in [1.29, 1.82) is 0 Å². The molecule has 0 atom stereocenters. The fraction of sp³-hybridized carbons (Fsp3) is 0.429. The molecule has 0 radical (unpaired) electrons. The first-order valence-electron chi connectivity index (χ1n) is 8.90. The molecule has 1 aromatic carbocycles. The minimum Gasteiger partial charge on any atom is -0.320 e. The van der Waals surface area contributed by atoms with Crippen LogP contribution < -0.4 is 4.62 Å². The predicted molar refractivity (Wildman–Crippen MR) is 111 cm³/mol. The standard InChI is InChI=1S/C21H27O3PS/c1-14(18-8-9-19(26-18)25(22,23)24)12-15-6-7-16-17(13-15)21(4,5)11-10-20(16,2)3/h6-9,12-13H,10-11H2,1-5H3,(H2,22,23,24)/b14-12+. The summed E-state index contributed by atoms with van der Waals surface area (Å²) >= 11 is 1.16. The molecular weight excluding hydrogens is 363 g/mol. The number of hydrogen-bond acceptors (Lipinski definition) is 2. The minimum absolute atomic E-state index is 0.119. The van der Waals surface area contributed by atoms with Crippen molar-refractivity contribution >= 4 is 35.2 Å². The average Bonchev–Trinajstić information content (AvgIpc) is 3.02. The summed E-state index contributed by atoms with van der Waals surface area (Å²) in [6.45, 7) is 11.2. The maximum absolute atomic E-state index is 11.4. The van der Waals surface area contributed by atoms with Gasteiger partial charge in [0.1, 0.15) is 4.62 Å². The molecule has 0 saturated carbocycles. The van der Waals surface area contributed by atoms with Gasteiger partial charge in [0.15, 0.2) is 0 Å². The van der Waals surface area contributed by atoms with E-state index in [1.807, 2.05) is 6.92 Å². The molecule has 3 rings (SSSR count). The zero-order valence-corrected chi connectivity index (χ0v) is 17.7. The molecule has 1 aromatic heterocycles. The van der Waals surface area contributed by atoms with Gasteiger partial charge in [-0.25, -0.2) is 0 Å². The van der Waals surface area contributed by atoms with Gasteiger partial charge in [0.2, 0.25) is 0 Å². The molecule has 0 unspecified atom stereocenters. The SMILES string of the molecule is C/C(=C\c1ccc2c(c1)C(C)(C)CCC2(C)C)c1ccc(P(=O)(O)O)s1. The minimum atomic E-state index is -4.18. The quantitative estimate of drug-likeness (QED) is 0.684. The topological polar surface area (TPSA) is 57.5 Å². The summed E-state index contributed by atoms with van der Waals surface area (Å²) in [5.41, 5.74) is 5.37. The molecular formula is C21H27O3PS. The maximum atomic E-state index is 11.4. The van der Waals surface area contributed by atoms with E-state index in [0.717, 1.165) is 27.4 Å². The van der Waals surface area contributed by atoms with Gasteiger partial charge in [-0.05, 0) is 65.0 Å². The molecule has 1 aliphatic rings. The lowest BCUT2D eigenvalue weighted by Gasteiger charge is -2.42. The summed E-state index contributed by atoms with van der Waals surface area (Å²) in [5, 5.41) is 0. The van der Waals surface area contributed by atoms with E-state index in [2.05, 4.69) is 52.0 Å². The molecule has 1 heterocycles. The number of rotatable bonds is 3. The Hall–Kier alpha value is -1.19. The molecule has 0 amide bonds. The molecule has 2 N–H and O–H groups in total. The van der Waals surface area contributed by atoms with Crippen molar-refractivity contribution in [3.63, 3.8) is 0 Å². The van der Waals surface area contributed by atoms with Crippen LogP contribution in [-0.2, 0) is 15.4 Å². The third kappa shape index (κ3) is 3.75. The monoisotopic (exact) mass is 390 g/mol. The fourth-order valence-electron chi connectivity index (χ4n) is 3.71. The average molecular weight is 390 g/mol. The first-order valence-corrected chi connectivity index (χ1v) is 11.3. The Balaban J connectivity index is 1.99. The van der Waals surface area contributed by atoms with Crippen LogP contribution in [0.15, 0.2) is 30.3 Å². The van der Waals surface area contributed by atoms with E-state index in [1.165, 1.54) is 30.0 Å². The lowest BCUT2D eigenvalue weighted by Crippen LogP contribution is -2.33. The summed E-state index contributed by atoms with van der Waals surface area (Å²) in [5.74, 6) is 0. The molecule has 0 saturated heterocycles. The van der Waals surface area contributed by atoms with Crippen LogP contribution in [0.2, 0.25) is 0 Å². The summed E-state index contributed by atoms with van der Waals surface area (Å²) in [4.78, 5) is 19.5. The van der Waals surface area contributed by atoms with Crippen molar-refractivity contribution in [2.24, 2.45) is 0 Å². The van der Waals surface area contributed by atoms with Crippen molar-refractivity contribution in [1.82, 2.24) is 0 Å². The molecule has 140 valence electrons. The third-order valence-corrected chi connectivity index (χ3v) is 8.26. The smallest absolute Gasteiger partial charge is 0.320 e. The second-order valence-corrected chi connectivity index (χ2v) is 11.5. The number of benzene rings is 1. The Bertz CT molecular complexity index is 915. The van der Waals surface area contributed by atoms with Gasteiger partial charge in [0, 0.05) is 4.88 Å². The third-order valence-electron chi connectivity index (χ3n) is 5.53. The first-order chi connectivity index (χ1) is 11.9. The van der Waals surface area contributed by atoms with Crippen LogP contribution in [0.3, 0.4) is 0 Å². The Labute approximate surface area is 159 Å². The molecule has 3 nitrogen and oxygen atoms in total. The highest BCUT2D eigenvalue weighted by molar-refractivity contribution is 7.67. The highest BCUT2D eigenvalue weighted by Crippen LogP contribution is 2.46. The highest BCUT2D eigenvalue weighted by atomic mass is 32.1. The van der Waals surface area contributed by atoms with Crippen LogP contribution in [0.5, 0.6) is 0 Å². The normalized spacial score (nSPS) is 19.3. The van der Waals surface area contributed by atoms with Gasteiger partial charge in [0.25, 0.3) is 0 Å². The number of hydrogen-bond donors (Lipinski definition) is 2. The van der Waals surface area contributed by atoms with Crippen LogP contribution in [0.25, 0.3) is 11.6 Å². The zero-order chi connectivity index (χ0) is 19.3. The summed E-state index contributed by atoms with van der Waals surface area (Å²) in [6.07, 6.45) is 4.48. The molecule has 0 aliphatic heterocycles. The van der Waals surface area contributed by atoms with Crippen molar-refractivity contribution in [2.75, 3.05) is 0 Å². The largest absolute Gasteiger partial charge is 0.366 e. The molecule has 5 heteroatoms. The van der Waals surface area contributed by atoms with E-state index in [-0.39, 0.29) is 15.4 Å². The van der Waals surface area contributed by atoms with Crippen LogP contribution in [-0.4, -0.2) is 9.79 Å². The van der Waals surface area contributed by atoms with Gasteiger partial charge in [-0.2, -0.15) is 0 Å². The lowest BCUT2D eigenvalue weighted by atomic mass is 9.63. The van der Waals surface area contributed by atoms with Crippen LogP contribution in [0, 0.1) is 0 Å². The van der Waals surface area contributed by atoms with Gasteiger partial charge in [0.05, 0.1) is 0 Å². The molecule has 1 aliphatic carbocycles. The van der Waals surface area contributed by atoms with Crippen LogP contribution >= 0.6 is 18.9 Å². The maximum Gasteiger partial charge on any atom is 0.366 e. The lowest BCUT2D eigenvalue weighted by molar-refractivity contribution is 0.332. The van der Waals surface area contributed by atoms with E-state index in [1.54, 1.807) is 6.07 Å². The Kier molecular flexibility index (Phi) is 4.86. The summed E-state index contributed by atoms with van der Waals surface area (Å²) in [7, 11) is -4.18. The fourth-order valence-corrected chi connectivity index (χ4v) is 5.47. The molecule has 0 fully saturated rings. The molecule has 2 aromatic rings. The van der Waals surface area contributed by atoms with Crippen molar-refractivity contribution in [2.45, 2.75) is 58.3 Å². The second kappa shape index (κ2) is 6.45.